The number of aliphatic hydroxyl groups is 1. The van der Waals surface area contributed by atoms with Gasteiger partial charge in [-0.05, 0) is 36.6 Å². The summed E-state index contributed by atoms with van der Waals surface area (Å²) in [5.41, 5.74) is 1.65. The van der Waals surface area contributed by atoms with Gasteiger partial charge in [0.1, 0.15) is 12.4 Å². The molecule has 1 fully saturated rings. The molecular formula is C15H16F3NO4. The Morgan fingerprint density at radius 1 is 1.43 bits per heavy atom. The maximum atomic E-state index is 12.2. The van der Waals surface area contributed by atoms with E-state index in [2.05, 4.69) is 0 Å². The van der Waals surface area contributed by atoms with Gasteiger partial charge in [-0.2, -0.15) is 13.2 Å². The number of rotatable bonds is 4. The van der Waals surface area contributed by atoms with E-state index in [1.54, 1.807) is 23.1 Å². The molecule has 2 unspecified atom stereocenters. The number of hydrogen-bond acceptors (Lipinski definition) is 4. The summed E-state index contributed by atoms with van der Waals surface area (Å²) < 4.78 is 46.9. The van der Waals surface area contributed by atoms with Crippen molar-refractivity contribution in [3.05, 3.63) is 23.8 Å². The van der Waals surface area contributed by atoms with Crippen molar-refractivity contribution in [1.29, 1.82) is 0 Å². The molecule has 1 N–H and O–H groups in total. The minimum absolute atomic E-state index is 0.0451. The zero-order valence-corrected chi connectivity index (χ0v) is 12.2. The molecule has 1 aromatic rings. The maximum absolute atomic E-state index is 12.2. The van der Waals surface area contributed by atoms with Crippen LogP contribution in [0.3, 0.4) is 0 Å². The van der Waals surface area contributed by atoms with Crippen LogP contribution in [0.25, 0.3) is 0 Å². The van der Waals surface area contributed by atoms with Crippen LogP contribution >= 0.6 is 0 Å². The fourth-order valence-corrected chi connectivity index (χ4v) is 2.83. The van der Waals surface area contributed by atoms with E-state index in [4.69, 9.17) is 14.6 Å². The van der Waals surface area contributed by atoms with Crippen molar-refractivity contribution in [1.82, 2.24) is 0 Å². The highest BCUT2D eigenvalue weighted by Gasteiger charge is 2.39. The van der Waals surface area contributed by atoms with Gasteiger partial charge in [0, 0.05) is 6.42 Å². The number of amides is 1. The molecule has 2 aliphatic rings. The number of nitrogens with zero attached hydrogens (tertiary/aromatic N) is 1. The summed E-state index contributed by atoms with van der Waals surface area (Å²) in [6.07, 6.45) is -6.41. The number of aliphatic hydroxyl groups excluding tert-OH is 1. The lowest BCUT2D eigenvalue weighted by Gasteiger charge is -2.29. The number of benzene rings is 1. The highest BCUT2D eigenvalue weighted by molar-refractivity contribution is 5.92. The number of halogens is 3. The summed E-state index contributed by atoms with van der Waals surface area (Å²) in [5.74, 6) is 0.420. The molecule has 0 saturated carbocycles. The highest BCUT2D eigenvalue weighted by atomic mass is 19.4. The molecule has 1 aromatic carbocycles. The lowest BCUT2D eigenvalue weighted by atomic mass is 9.97. The molecule has 0 bridgehead atoms. The molecule has 5 nitrogen and oxygen atoms in total. The molecule has 1 saturated heterocycles. The Morgan fingerprint density at radius 3 is 2.96 bits per heavy atom. The van der Waals surface area contributed by atoms with E-state index in [1.807, 2.05) is 0 Å². The van der Waals surface area contributed by atoms with Crippen LogP contribution in [0.15, 0.2) is 18.2 Å². The van der Waals surface area contributed by atoms with E-state index >= 15 is 0 Å². The smallest absolute Gasteiger partial charge is 0.414 e. The third-order valence-corrected chi connectivity index (χ3v) is 4.06. The lowest BCUT2D eigenvalue weighted by molar-refractivity contribution is -0.206. The minimum Gasteiger partial charge on any atom is -0.493 e. The molecule has 2 heterocycles. The third-order valence-electron chi connectivity index (χ3n) is 4.06. The predicted octanol–water partition coefficient (Wildman–Crippen LogP) is 2.65. The molecule has 8 heteroatoms. The number of fused-ring (bicyclic) bond motifs is 3. The molecule has 0 spiro atoms. The summed E-state index contributed by atoms with van der Waals surface area (Å²) in [6.45, 7) is 0.139. The van der Waals surface area contributed by atoms with Crippen LogP contribution in [0.4, 0.5) is 23.7 Å². The average Bonchev–Trinajstić information content (AvgIpc) is 2.88. The molecule has 23 heavy (non-hydrogen) atoms. The minimum atomic E-state index is -4.63. The number of carbonyl (C=O) groups is 1. The summed E-state index contributed by atoms with van der Waals surface area (Å²) >= 11 is 0. The number of ether oxygens (including phenoxy) is 2. The summed E-state index contributed by atoms with van der Waals surface area (Å²) in [7, 11) is 0. The SMILES string of the molecule is O=C1OCC2CCc3cc(OCCC(O)C(F)(F)F)ccc3N12. The molecule has 2 aliphatic heterocycles. The number of anilines is 1. The number of carbonyl (C=O) groups excluding carboxylic acids is 1. The van der Waals surface area contributed by atoms with Crippen molar-refractivity contribution in [3.8, 4) is 5.75 Å². The van der Waals surface area contributed by atoms with Crippen LogP contribution < -0.4 is 9.64 Å². The van der Waals surface area contributed by atoms with Gasteiger partial charge in [0.15, 0.2) is 6.10 Å². The van der Waals surface area contributed by atoms with Gasteiger partial charge in [0.25, 0.3) is 0 Å². The van der Waals surface area contributed by atoms with Crippen LogP contribution in [-0.2, 0) is 11.2 Å². The van der Waals surface area contributed by atoms with Crippen LogP contribution in [0, 0.1) is 0 Å². The topological polar surface area (TPSA) is 59.0 Å². The first-order chi connectivity index (χ1) is 10.9. The molecule has 0 radical (unpaired) electrons. The molecular weight excluding hydrogens is 315 g/mol. The molecule has 1 amide bonds. The standard InChI is InChI=1S/C15H16F3NO4/c16-15(17,18)13(20)5-6-22-11-3-4-12-9(7-11)1-2-10-8-23-14(21)19(10)12/h3-4,7,10,13,20H,1-2,5-6,8H2. The molecule has 3 rings (SSSR count). The highest BCUT2D eigenvalue weighted by Crippen LogP contribution is 2.36. The summed E-state index contributed by atoms with van der Waals surface area (Å²) in [4.78, 5) is 13.3. The van der Waals surface area contributed by atoms with Crippen molar-refractivity contribution in [2.75, 3.05) is 18.1 Å². The van der Waals surface area contributed by atoms with Crippen LogP contribution in [-0.4, -0.2) is 42.7 Å². The number of alkyl halides is 3. The normalized spacial score (nSPS) is 21.5. The number of cyclic esters (lactones) is 1. The first-order valence-corrected chi connectivity index (χ1v) is 7.33. The van der Waals surface area contributed by atoms with E-state index in [0.717, 1.165) is 24.1 Å². The molecule has 0 aromatic heterocycles. The van der Waals surface area contributed by atoms with E-state index in [1.165, 1.54) is 0 Å². The zero-order chi connectivity index (χ0) is 16.6. The van der Waals surface area contributed by atoms with Gasteiger partial charge < -0.3 is 14.6 Å². The quantitative estimate of drug-likeness (QED) is 0.921. The van der Waals surface area contributed by atoms with E-state index < -0.39 is 18.7 Å². The Kier molecular flexibility index (Phi) is 4.09. The van der Waals surface area contributed by atoms with Crippen molar-refractivity contribution in [3.63, 3.8) is 0 Å². The van der Waals surface area contributed by atoms with Gasteiger partial charge in [0.2, 0.25) is 0 Å². The largest absolute Gasteiger partial charge is 0.493 e. The number of aryl methyl sites for hydroxylation is 1. The third kappa shape index (κ3) is 3.21. The Bertz CT molecular complexity index is 605. The van der Waals surface area contributed by atoms with Gasteiger partial charge in [-0.25, -0.2) is 4.79 Å². The fraction of sp³-hybridized carbons (Fsp3) is 0.533. The summed E-state index contributed by atoms with van der Waals surface area (Å²) in [5, 5.41) is 8.92. The van der Waals surface area contributed by atoms with Crippen molar-refractivity contribution in [2.24, 2.45) is 0 Å². The Balaban J connectivity index is 1.64. The molecule has 2 atom stereocenters. The van der Waals surface area contributed by atoms with Gasteiger partial charge in [-0.3, -0.25) is 4.90 Å². The van der Waals surface area contributed by atoms with Crippen molar-refractivity contribution < 1.29 is 32.5 Å². The predicted molar refractivity (Wildman–Crippen MR) is 74.6 cm³/mol. The Hall–Kier alpha value is -1.96. The van der Waals surface area contributed by atoms with Gasteiger partial charge in [0.05, 0.1) is 18.3 Å². The van der Waals surface area contributed by atoms with Gasteiger partial charge >= 0.3 is 12.3 Å². The second-order valence-corrected chi connectivity index (χ2v) is 5.62. The van der Waals surface area contributed by atoms with E-state index in [9.17, 15) is 18.0 Å². The van der Waals surface area contributed by atoms with Crippen LogP contribution in [0.2, 0.25) is 0 Å². The van der Waals surface area contributed by atoms with Gasteiger partial charge in [-0.1, -0.05) is 0 Å². The second-order valence-electron chi connectivity index (χ2n) is 5.62. The number of hydrogen-bond donors (Lipinski definition) is 1. The zero-order valence-electron chi connectivity index (χ0n) is 12.2. The van der Waals surface area contributed by atoms with Gasteiger partial charge in [-0.15, -0.1) is 0 Å². The van der Waals surface area contributed by atoms with Crippen molar-refractivity contribution >= 4 is 11.8 Å². The van der Waals surface area contributed by atoms with Crippen LogP contribution in [0.1, 0.15) is 18.4 Å². The first kappa shape index (κ1) is 15.9. The fourth-order valence-electron chi connectivity index (χ4n) is 2.83. The van der Waals surface area contributed by atoms with E-state index in [-0.39, 0.29) is 18.7 Å². The monoisotopic (exact) mass is 331 g/mol. The maximum Gasteiger partial charge on any atom is 0.414 e. The lowest BCUT2D eigenvalue weighted by Crippen LogP contribution is -2.37. The first-order valence-electron chi connectivity index (χ1n) is 7.33. The summed E-state index contributed by atoms with van der Waals surface area (Å²) in [6, 6.07) is 5.08. The Labute approximate surface area is 130 Å². The Morgan fingerprint density at radius 2 is 2.22 bits per heavy atom. The second kappa shape index (κ2) is 5.92. The van der Waals surface area contributed by atoms with Crippen molar-refractivity contribution in [2.45, 2.75) is 37.6 Å². The molecule has 0 aliphatic carbocycles. The van der Waals surface area contributed by atoms with Crippen LogP contribution in [0.5, 0.6) is 5.75 Å². The molecule has 126 valence electrons. The van der Waals surface area contributed by atoms with E-state index in [0.29, 0.717) is 12.4 Å². The average molecular weight is 331 g/mol.